The molecule has 0 aromatic heterocycles. The van der Waals surface area contributed by atoms with Crippen LogP contribution in [0.25, 0.3) is 0 Å². The highest BCUT2D eigenvalue weighted by Crippen LogP contribution is 2.19. The molecule has 0 spiro atoms. The van der Waals surface area contributed by atoms with Crippen molar-refractivity contribution in [2.75, 3.05) is 13.1 Å². The van der Waals surface area contributed by atoms with Gasteiger partial charge in [0.15, 0.2) is 0 Å². The lowest BCUT2D eigenvalue weighted by molar-refractivity contribution is 0.545. The lowest BCUT2D eigenvalue weighted by Crippen LogP contribution is -2.44. The van der Waals surface area contributed by atoms with Crippen molar-refractivity contribution in [3.8, 4) is 0 Å². The molecule has 2 rings (SSSR count). The van der Waals surface area contributed by atoms with E-state index in [1.165, 1.54) is 0 Å². The van der Waals surface area contributed by atoms with Crippen LogP contribution >= 0.6 is 0 Å². The van der Waals surface area contributed by atoms with Crippen molar-refractivity contribution in [1.82, 2.24) is 14.8 Å². The van der Waals surface area contributed by atoms with E-state index in [1.807, 2.05) is 0 Å². The van der Waals surface area contributed by atoms with Crippen LogP contribution in [0.3, 0.4) is 0 Å². The Labute approximate surface area is 78.5 Å². The van der Waals surface area contributed by atoms with E-state index in [1.54, 1.807) is 0 Å². The standard InChI is InChI=1S/C7H15N3O2S/c11-13(12,9-6-1-2-6)10-7-3-4-8-5-7/h6-10H,1-5H2/t7-/m1/s1. The zero-order chi connectivity index (χ0) is 9.31. The van der Waals surface area contributed by atoms with Gasteiger partial charge in [-0.1, -0.05) is 0 Å². The fourth-order valence-corrected chi connectivity index (χ4v) is 2.81. The molecule has 13 heavy (non-hydrogen) atoms. The molecule has 1 saturated heterocycles. The van der Waals surface area contributed by atoms with Crippen molar-refractivity contribution in [3.05, 3.63) is 0 Å². The van der Waals surface area contributed by atoms with Crippen LogP contribution in [-0.2, 0) is 10.2 Å². The molecule has 1 aliphatic carbocycles. The van der Waals surface area contributed by atoms with E-state index in [9.17, 15) is 8.42 Å². The van der Waals surface area contributed by atoms with Gasteiger partial charge in [0.1, 0.15) is 0 Å². The Kier molecular flexibility index (Phi) is 2.55. The van der Waals surface area contributed by atoms with Crippen LogP contribution in [0.2, 0.25) is 0 Å². The minimum absolute atomic E-state index is 0.0660. The van der Waals surface area contributed by atoms with Gasteiger partial charge in [-0.05, 0) is 25.8 Å². The molecule has 1 heterocycles. The first-order chi connectivity index (χ1) is 6.16. The molecule has 0 unspecified atom stereocenters. The summed E-state index contributed by atoms with van der Waals surface area (Å²) in [5.41, 5.74) is 0. The first-order valence-electron chi connectivity index (χ1n) is 4.66. The Hall–Kier alpha value is -0.170. The second kappa shape index (κ2) is 3.53. The van der Waals surface area contributed by atoms with Crippen LogP contribution in [0, 0.1) is 0 Å². The third-order valence-corrected chi connectivity index (χ3v) is 3.57. The fraction of sp³-hybridized carbons (Fsp3) is 1.00. The summed E-state index contributed by atoms with van der Waals surface area (Å²) < 4.78 is 28.0. The molecule has 6 heteroatoms. The molecule has 1 atom stereocenters. The van der Waals surface area contributed by atoms with E-state index in [4.69, 9.17) is 0 Å². The van der Waals surface area contributed by atoms with Crippen LogP contribution < -0.4 is 14.8 Å². The predicted molar refractivity (Wildman–Crippen MR) is 49.5 cm³/mol. The summed E-state index contributed by atoms with van der Waals surface area (Å²) in [5.74, 6) is 0. The second-order valence-corrected chi connectivity index (χ2v) is 5.18. The van der Waals surface area contributed by atoms with Crippen LogP contribution in [0.1, 0.15) is 19.3 Å². The number of hydrogen-bond donors (Lipinski definition) is 3. The summed E-state index contributed by atoms with van der Waals surface area (Å²) in [6, 6.07) is 0.253. The van der Waals surface area contributed by atoms with E-state index in [0.29, 0.717) is 0 Å². The highest BCUT2D eigenvalue weighted by Gasteiger charge is 2.28. The first kappa shape index (κ1) is 9.39. The molecular formula is C7H15N3O2S. The summed E-state index contributed by atoms with van der Waals surface area (Å²) in [5, 5.41) is 3.11. The molecule has 2 fully saturated rings. The van der Waals surface area contributed by atoms with E-state index in [2.05, 4.69) is 14.8 Å². The van der Waals surface area contributed by atoms with Gasteiger partial charge in [0.25, 0.3) is 10.2 Å². The second-order valence-electron chi connectivity index (χ2n) is 3.70. The summed E-state index contributed by atoms with van der Waals surface area (Å²) in [7, 11) is -3.24. The van der Waals surface area contributed by atoms with Crippen molar-refractivity contribution >= 4 is 10.2 Å². The number of hydrogen-bond acceptors (Lipinski definition) is 3. The van der Waals surface area contributed by atoms with Gasteiger partial charge >= 0.3 is 0 Å². The monoisotopic (exact) mass is 205 g/mol. The molecule has 0 radical (unpaired) electrons. The predicted octanol–water partition coefficient (Wildman–Crippen LogP) is -1.07. The molecule has 0 aromatic carbocycles. The maximum atomic E-state index is 11.4. The quantitative estimate of drug-likeness (QED) is 0.547. The van der Waals surface area contributed by atoms with Gasteiger partial charge < -0.3 is 5.32 Å². The summed E-state index contributed by atoms with van der Waals surface area (Å²) in [4.78, 5) is 0. The smallest absolute Gasteiger partial charge is 0.277 e. The van der Waals surface area contributed by atoms with Crippen LogP contribution in [-0.4, -0.2) is 33.6 Å². The van der Waals surface area contributed by atoms with Crippen LogP contribution in [0.5, 0.6) is 0 Å². The van der Waals surface area contributed by atoms with Gasteiger partial charge in [0, 0.05) is 18.6 Å². The molecule has 0 bridgehead atoms. The minimum Gasteiger partial charge on any atom is -0.315 e. The van der Waals surface area contributed by atoms with Gasteiger partial charge in [-0.2, -0.15) is 17.9 Å². The Morgan fingerprint density at radius 2 is 1.77 bits per heavy atom. The SMILES string of the molecule is O=S(=O)(NC1CC1)N[C@@H]1CCNC1. The summed E-state index contributed by atoms with van der Waals surface area (Å²) in [6.07, 6.45) is 2.83. The van der Waals surface area contributed by atoms with Gasteiger partial charge in [-0.15, -0.1) is 0 Å². The topological polar surface area (TPSA) is 70.2 Å². The molecule has 1 saturated carbocycles. The Balaban J connectivity index is 1.83. The van der Waals surface area contributed by atoms with E-state index < -0.39 is 10.2 Å². The highest BCUT2D eigenvalue weighted by atomic mass is 32.2. The maximum Gasteiger partial charge on any atom is 0.277 e. The van der Waals surface area contributed by atoms with Crippen molar-refractivity contribution in [2.24, 2.45) is 0 Å². The Morgan fingerprint density at radius 3 is 2.31 bits per heavy atom. The highest BCUT2D eigenvalue weighted by molar-refractivity contribution is 7.87. The molecule has 76 valence electrons. The van der Waals surface area contributed by atoms with E-state index >= 15 is 0 Å². The van der Waals surface area contributed by atoms with Crippen molar-refractivity contribution in [2.45, 2.75) is 31.3 Å². The third kappa shape index (κ3) is 2.91. The molecule has 2 aliphatic rings. The van der Waals surface area contributed by atoms with Gasteiger partial charge in [0.2, 0.25) is 0 Å². The summed E-state index contributed by atoms with van der Waals surface area (Å²) >= 11 is 0. The molecule has 1 aliphatic heterocycles. The van der Waals surface area contributed by atoms with E-state index in [0.717, 1.165) is 32.4 Å². The zero-order valence-electron chi connectivity index (χ0n) is 7.41. The molecule has 3 N–H and O–H groups in total. The van der Waals surface area contributed by atoms with E-state index in [-0.39, 0.29) is 12.1 Å². The number of nitrogens with one attached hydrogen (secondary N) is 3. The maximum absolute atomic E-state index is 11.4. The largest absolute Gasteiger partial charge is 0.315 e. The van der Waals surface area contributed by atoms with Gasteiger partial charge in [0.05, 0.1) is 0 Å². The third-order valence-electron chi connectivity index (χ3n) is 2.28. The fourth-order valence-electron chi connectivity index (χ4n) is 1.43. The molecular weight excluding hydrogens is 190 g/mol. The van der Waals surface area contributed by atoms with Crippen molar-refractivity contribution in [1.29, 1.82) is 0 Å². The van der Waals surface area contributed by atoms with Gasteiger partial charge in [-0.3, -0.25) is 0 Å². The Morgan fingerprint density at radius 1 is 1.08 bits per heavy atom. The number of rotatable bonds is 4. The van der Waals surface area contributed by atoms with Crippen LogP contribution in [0.4, 0.5) is 0 Å². The Bertz CT molecular complexity index is 267. The van der Waals surface area contributed by atoms with Crippen LogP contribution in [0.15, 0.2) is 0 Å². The van der Waals surface area contributed by atoms with Crippen molar-refractivity contribution < 1.29 is 8.42 Å². The lowest BCUT2D eigenvalue weighted by atomic mass is 10.3. The minimum atomic E-state index is -3.24. The summed E-state index contributed by atoms with van der Waals surface area (Å²) in [6.45, 7) is 1.64. The first-order valence-corrected chi connectivity index (χ1v) is 6.14. The van der Waals surface area contributed by atoms with Gasteiger partial charge in [-0.25, -0.2) is 0 Å². The molecule has 0 aromatic rings. The molecule has 5 nitrogen and oxygen atoms in total. The molecule has 0 amide bonds. The zero-order valence-corrected chi connectivity index (χ0v) is 8.23. The lowest BCUT2D eigenvalue weighted by Gasteiger charge is -2.11. The average Bonchev–Trinajstić information content (AvgIpc) is 2.64. The van der Waals surface area contributed by atoms with Crippen molar-refractivity contribution in [3.63, 3.8) is 0 Å². The normalized spacial score (nSPS) is 29.4. The average molecular weight is 205 g/mol.